The largest absolute Gasteiger partial charge is 0.457 e. The fourth-order valence-corrected chi connectivity index (χ4v) is 2.01. The normalized spacial score (nSPS) is 10.3. The van der Waals surface area contributed by atoms with Crippen LogP contribution in [0.5, 0.6) is 11.5 Å². The Morgan fingerprint density at radius 1 is 1.17 bits per heavy atom. The molecular formula is C17H15N3O3. The number of hydrogen-bond donors (Lipinski definition) is 2. The highest BCUT2D eigenvalue weighted by molar-refractivity contribution is 6.05. The highest BCUT2D eigenvalue weighted by atomic mass is 16.5. The van der Waals surface area contributed by atoms with Gasteiger partial charge < -0.3 is 15.0 Å². The summed E-state index contributed by atoms with van der Waals surface area (Å²) in [6, 6.07) is 15.5. The van der Waals surface area contributed by atoms with Gasteiger partial charge in [0.1, 0.15) is 11.5 Å². The number of anilines is 2. The first kappa shape index (κ1) is 14.6. The molecule has 1 heterocycles. The summed E-state index contributed by atoms with van der Waals surface area (Å²) in [7, 11) is 0. The summed E-state index contributed by atoms with van der Waals surface area (Å²) in [5.74, 6) is 0.975. The number of hydrogen-bond acceptors (Lipinski definition) is 5. The second kappa shape index (κ2) is 6.23. The van der Waals surface area contributed by atoms with Crippen LogP contribution in [-0.4, -0.2) is 11.1 Å². The lowest BCUT2D eigenvalue weighted by atomic mass is 10.2. The number of ether oxygens (including phenoxy) is 1. The second-order valence-electron chi connectivity index (χ2n) is 4.95. The Balaban J connectivity index is 1.82. The van der Waals surface area contributed by atoms with Gasteiger partial charge in [-0.2, -0.15) is 0 Å². The number of para-hydroxylation sites is 1. The molecule has 0 fully saturated rings. The molecule has 23 heavy (non-hydrogen) atoms. The van der Waals surface area contributed by atoms with Crippen LogP contribution in [0, 0.1) is 6.92 Å². The maximum atomic E-state index is 12.4. The van der Waals surface area contributed by atoms with Crippen molar-refractivity contribution >= 4 is 17.5 Å². The standard InChI is InChI=1S/C17H15N3O3/c1-11-10-16(23-20-11)19-17(21)14-4-2-3-5-15(14)22-13-8-6-12(18)7-9-13/h2-10H,18H2,1H3,(H,19,21). The number of nitrogen functional groups attached to an aromatic ring is 1. The van der Waals surface area contributed by atoms with Crippen LogP contribution >= 0.6 is 0 Å². The molecule has 6 heteroatoms. The number of rotatable bonds is 4. The number of benzene rings is 2. The molecule has 0 spiro atoms. The zero-order valence-electron chi connectivity index (χ0n) is 12.4. The van der Waals surface area contributed by atoms with Crippen molar-refractivity contribution in [2.75, 3.05) is 11.1 Å². The van der Waals surface area contributed by atoms with Gasteiger partial charge in [-0.05, 0) is 43.3 Å². The molecule has 0 unspecified atom stereocenters. The minimum Gasteiger partial charge on any atom is -0.457 e. The Morgan fingerprint density at radius 3 is 2.61 bits per heavy atom. The third kappa shape index (κ3) is 3.49. The Hall–Kier alpha value is -3.28. The topological polar surface area (TPSA) is 90.4 Å². The predicted molar refractivity (Wildman–Crippen MR) is 86.6 cm³/mol. The van der Waals surface area contributed by atoms with Crippen molar-refractivity contribution in [2.45, 2.75) is 6.92 Å². The van der Waals surface area contributed by atoms with Gasteiger partial charge in [0.25, 0.3) is 5.91 Å². The number of aryl methyl sites for hydroxylation is 1. The lowest BCUT2D eigenvalue weighted by molar-refractivity contribution is 0.102. The SMILES string of the molecule is Cc1cc(NC(=O)c2ccccc2Oc2ccc(N)cc2)on1. The van der Waals surface area contributed by atoms with Gasteiger partial charge in [0.15, 0.2) is 0 Å². The summed E-state index contributed by atoms with van der Waals surface area (Å²) in [5, 5.41) is 6.38. The van der Waals surface area contributed by atoms with Gasteiger partial charge in [0, 0.05) is 11.8 Å². The van der Waals surface area contributed by atoms with Crippen molar-refractivity contribution in [1.82, 2.24) is 5.16 Å². The third-order valence-electron chi connectivity index (χ3n) is 3.10. The maximum Gasteiger partial charge on any atom is 0.261 e. The first-order valence-corrected chi connectivity index (χ1v) is 6.99. The van der Waals surface area contributed by atoms with E-state index in [1.807, 2.05) is 0 Å². The van der Waals surface area contributed by atoms with Crippen molar-refractivity contribution in [3.05, 3.63) is 65.9 Å². The summed E-state index contributed by atoms with van der Waals surface area (Å²) in [6.07, 6.45) is 0. The van der Waals surface area contributed by atoms with Gasteiger partial charge in [0.2, 0.25) is 5.88 Å². The van der Waals surface area contributed by atoms with Crippen LogP contribution in [-0.2, 0) is 0 Å². The highest BCUT2D eigenvalue weighted by Gasteiger charge is 2.14. The fourth-order valence-electron chi connectivity index (χ4n) is 2.01. The molecule has 3 N–H and O–H groups in total. The summed E-state index contributed by atoms with van der Waals surface area (Å²) < 4.78 is 10.8. The maximum absolute atomic E-state index is 12.4. The molecule has 0 bridgehead atoms. The number of carbonyl (C=O) groups is 1. The van der Waals surface area contributed by atoms with E-state index in [4.69, 9.17) is 15.0 Å². The van der Waals surface area contributed by atoms with Crippen molar-refractivity contribution < 1.29 is 14.1 Å². The molecule has 1 aromatic heterocycles. The summed E-state index contributed by atoms with van der Waals surface area (Å²) in [6.45, 7) is 1.78. The van der Waals surface area contributed by atoms with Gasteiger partial charge >= 0.3 is 0 Å². The Labute approximate surface area is 132 Å². The highest BCUT2D eigenvalue weighted by Crippen LogP contribution is 2.26. The van der Waals surface area contributed by atoms with E-state index in [0.29, 0.717) is 28.4 Å². The summed E-state index contributed by atoms with van der Waals surface area (Å²) in [4.78, 5) is 12.4. The smallest absolute Gasteiger partial charge is 0.261 e. The summed E-state index contributed by atoms with van der Waals surface area (Å²) in [5.41, 5.74) is 7.37. The van der Waals surface area contributed by atoms with Gasteiger partial charge in [-0.25, -0.2) is 0 Å². The molecule has 3 aromatic rings. The Morgan fingerprint density at radius 2 is 1.91 bits per heavy atom. The number of nitrogens with zero attached hydrogens (tertiary/aromatic N) is 1. The number of amides is 1. The molecule has 0 aliphatic carbocycles. The molecule has 0 radical (unpaired) electrons. The van der Waals surface area contributed by atoms with Gasteiger partial charge in [-0.1, -0.05) is 17.3 Å². The molecule has 0 aliphatic heterocycles. The molecule has 0 aliphatic rings. The van der Waals surface area contributed by atoms with E-state index >= 15 is 0 Å². The van der Waals surface area contributed by atoms with Gasteiger partial charge in [0.05, 0.1) is 11.3 Å². The third-order valence-corrected chi connectivity index (χ3v) is 3.10. The van der Waals surface area contributed by atoms with E-state index in [1.54, 1.807) is 61.5 Å². The van der Waals surface area contributed by atoms with Crippen LogP contribution in [0.1, 0.15) is 16.1 Å². The van der Waals surface area contributed by atoms with Crippen molar-refractivity contribution in [2.24, 2.45) is 0 Å². The Bertz CT molecular complexity index is 825. The lowest BCUT2D eigenvalue weighted by Crippen LogP contribution is -2.12. The average molecular weight is 309 g/mol. The van der Waals surface area contributed by atoms with Crippen molar-refractivity contribution in [3.8, 4) is 11.5 Å². The Kier molecular flexibility index (Phi) is 3.97. The molecule has 3 rings (SSSR count). The molecular weight excluding hydrogens is 294 g/mol. The lowest BCUT2D eigenvalue weighted by Gasteiger charge is -2.10. The number of nitrogens with two attached hydrogens (primary N) is 1. The van der Waals surface area contributed by atoms with E-state index in [1.165, 1.54) is 0 Å². The number of aromatic nitrogens is 1. The zero-order valence-corrected chi connectivity index (χ0v) is 12.4. The molecule has 6 nitrogen and oxygen atoms in total. The van der Waals surface area contributed by atoms with E-state index in [9.17, 15) is 4.79 Å². The van der Waals surface area contributed by atoms with Crippen LogP contribution in [0.4, 0.5) is 11.6 Å². The fraction of sp³-hybridized carbons (Fsp3) is 0.0588. The monoisotopic (exact) mass is 309 g/mol. The van der Waals surface area contributed by atoms with Crippen molar-refractivity contribution in [1.29, 1.82) is 0 Å². The first-order valence-electron chi connectivity index (χ1n) is 6.99. The van der Waals surface area contributed by atoms with Gasteiger partial charge in [-0.15, -0.1) is 0 Å². The summed E-state index contributed by atoms with van der Waals surface area (Å²) >= 11 is 0. The minimum absolute atomic E-state index is 0.287. The molecule has 1 amide bonds. The van der Waals surface area contributed by atoms with Crippen LogP contribution in [0.2, 0.25) is 0 Å². The van der Waals surface area contributed by atoms with E-state index in [2.05, 4.69) is 10.5 Å². The molecule has 0 atom stereocenters. The van der Waals surface area contributed by atoms with Crippen molar-refractivity contribution in [3.63, 3.8) is 0 Å². The van der Waals surface area contributed by atoms with E-state index in [0.717, 1.165) is 0 Å². The average Bonchev–Trinajstić information content (AvgIpc) is 2.95. The first-order chi connectivity index (χ1) is 11.1. The van der Waals surface area contributed by atoms with Gasteiger partial charge in [-0.3, -0.25) is 10.1 Å². The zero-order chi connectivity index (χ0) is 16.2. The predicted octanol–water partition coefficient (Wildman–Crippen LogP) is 3.61. The number of carbonyl (C=O) groups excluding carboxylic acids is 1. The van der Waals surface area contributed by atoms with Crippen LogP contribution in [0.15, 0.2) is 59.1 Å². The molecule has 0 saturated carbocycles. The molecule has 0 saturated heterocycles. The number of nitrogens with one attached hydrogen (secondary N) is 1. The second-order valence-corrected chi connectivity index (χ2v) is 4.95. The van der Waals surface area contributed by atoms with Crippen LogP contribution in [0.3, 0.4) is 0 Å². The van der Waals surface area contributed by atoms with E-state index < -0.39 is 0 Å². The van der Waals surface area contributed by atoms with Crippen LogP contribution < -0.4 is 15.8 Å². The van der Waals surface area contributed by atoms with Crippen LogP contribution in [0.25, 0.3) is 0 Å². The molecule has 2 aromatic carbocycles. The van der Waals surface area contributed by atoms with E-state index in [-0.39, 0.29) is 11.8 Å². The quantitative estimate of drug-likeness (QED) is 0.718. The molecule has 116 valence electrons. The minimum atomic E-state index is -0.341.